The molecule has 1 aromatic rings. The Hall–Kier alpha value is -2.84. The van der Waals surface area contributed by atoms with Crippen LogP contribution in [0.25, 0.3) is 11.3 Å². The van der Waals surface area contributed by atoms with Gasteiger partial charge in [-0.3, -0.25) is 4.72 Å². The molecule has 2 aliphatic rings. The van der Waals surface area contributed by atoms with Crippen LogP contribution in [0.15, 0.2) is 60.7 Å². The fraction of sp³-hybridized carbons (Fsp3) is 0.0556. The number of fused-ring (bicyclic) bond motifs is 1. The third kappa shape index (κ3) is 3.68. The Kier molecular flexibility index (Phi) is 4.00. The summed E-state index contributed by atoms with van der Waals surface area (Å²) in [6.45, 7) is 0. The van der Waals surface area contributed by atoms with Crippen LogP contribution in [0.4, 0.5) is 5.82 Å². The van der Waals surface area contributed by atoms with Gasteiger partial charge in [0.2, 0.25) is 10.0 Å². The van der Waals surface area contributed by atoms with Crippen LogP contribution < -0.4 is 4.72 Å². The number of rotatable bonds is 2. The van der Waals surface area contributed by atoms with Gasteiger partial charge in [0.05, 0.1) is 17.5 Å². The predicted octanol–water partition coefficient (Wildman–Crippen LogP) is 2.96. The van der Waals surface area contributed by atoms with Gasteiger partial charge in [0, 0.05) is 11.1 Å². The third-order valence-corrected chi connectivity index (χ3v) is 3.71. The van der Waals surface area contributed by atoms with E-state index >= 15 is 0 Å². The first-order valence-corrected chi connectivity index (χ1v) is 8.86. The highest BCUT2D eigenvalue weighted by Gasteiger charge is 2.17. The molecule has 1 aromatic carbocycles. The van der Waals surface area contributed by atoms with Crippen molar-refractivity contribution < 1.29 is 8.42 Å². The Morgan fingerprint density at radius 2 is 1.57 bits per heavy atom. The van der Waals surface area contributed by atoms with Crippen LogP contribution in [0.1, 0.15) is 11.1 Å². The van der Waals surface area contributed by atoms with Crippen LogP contribution >= 0.6 is 0 Å². The normalized spacial score (nSPS) is 10.8. The molecule has 1 aliphatic heterocycles. The molecule has 1 N–H and O–H groups in total. The van der Waals surface area contributed by atoms with E-state index in [2.05, 4.69) is 21.5 Å². The highest BCUT2D eigenvalue weighted by Crippen LogP contribution is 2.30. The van der Waals surface area contributed by atoms with Gasteiger partial charge in [0.25, 0.3) is 0 Å². The van der Waals surface area contributed by atoms with Gasteiger partial charge in [-0.2, -0.15) is 0 Å². The zero-order chi connectivity index (χ0) is 16.3. The fourth-order valence-corrected chi connectivity index (χ4v) is 2.68. The average Bonchev–Trinajstić information content (AvgIpc) is 2.67. The second-order valence-electron chi connectivity index (χ2n) is 5.04. The van der Waals surface area contributed by atoms with Crippen molar-refractivity contribution in [3.63, 3.8) is 0 Å². The van der Waals surface area contributed by atoms with Crippen molar-refractivity contribution in [3.05, 3.63) is 71.8 Å². The van der Waals surface area contributed by atoms with E-state index in [1.54, 1.807) is 0 Å². The van der Waals surface area contributed by atoms with E-state index in [1.807, 2.05) is 60.7 Å². The number of aromatic nitrogens is 1. The average molecular weight is 322 g/mol. The van der Waals surface area contributed by atoms with Gasteiger partial charge in [0.15, 0.2) is 5.82 Å². The zero-order valence-corrected chi connectivity index (χ0v) is 13.3. The minimum atomic E-state index is -3.43. The Labute approximate surface area is 135 Å². The summed E-state index contributed by atoms with van der Waals surface area (Å²) in [7, 11) is -3.43. The van der Waals surface area contributed by atoms with Gasteiger partial charge >= 0.3 is 0 Å². The second-order valence-corrected chi connectivity index (χ2v) is 6.78. The van der Waals surface area contributed by atoms with Crippen molar-refractivity contribution in [3.8, 4) is 23.1 Å². The Morgan fingerprint density at radius 1 is 0.913 bits per heavy atom. The fourth-order valence-electron chi connectivity index (χ4n) is 2.18. The molecule has 0 radical (unpaired) electrons. The number of nitrogens with zero attached hydrogens (tertiary/aromatic N) is 1. The molecule has 0 saturated heterocycles. The van der Waals surface area contributed by atoms with E-state index in [0.717, 1.165) is 17.4 Å². The molecule has 0 bridgehead atoms. The van der Waals surface area contributed by atoms with E-state index in [-0.39, 0.29) is 5.82 Å². The maximum atomic E-state index is 11.6. The molecule has 0 spiro atoms. The molecule has 0 saturated carbocycles. The van der Waals surface area contributed by atoms with Crippen molar-refractivity contribution in [1.82, 2.24) is 4.98 Å². The van der Waals surface area contributed by atoms with E-state index in [4.69, 9.17) is 0 Å². The molecule has 1 aliphatic carbocycles. The Bertz CT molecular complexity index is 971. The molecule has 1 heterocycles. The van der Waals surface area contributed by atoms with Gasteiger partial charge in [-0.1, -0.05) is 54.3 Å². The first-order chi connectivity index (χ1) is 11.0. The minimum absolute atomic E-state index is 0.261. The smallest absolute Gasteiger partial charge is 0.231 e. The van der Waals surface area contributed by atoms with Crippen LogP contribution in [-0.2, 0) is 10.0 Å². The molecule has 0 atom stereocenters. The van der Waals surface area contributed by atoms with Crippen molar-refractivity contribution in [1.29, 1.82) is 0 Å². The molecule has 0 amide bonds. The SMILES string of the molecule is CS(=O)(=O)Nc1nc2cccccc-2c1C#Cc1ccccc1. The first-order valence-electron chi connectivity index (χ1n) is 6.96. The maximum absolute atomic E-state index is 11.6. The first kappa shape index (κ1) is 15.1. The number of nitrogens with one attached hydrogen (secondary N) is 1. The van der Waals surface area contributed by atoms with Crippen LogP contribution in [-0.4, -0.2) is 19.7 Å². The largest absolute Gasteiger partial charge is 0.266 e. The molecule has 4 nitrogen and oxygen atoms in total. The van der Waals surface area contributed by atoms with E-state index < -0.39 is 10.0 Å². The monoisotopic (exact) mass is 322 g/mol. The summed E-state index contributed by atoms with van der Waals surface area (Å²) in [5, 5.41) is 0. The zero-order valence-electron chi connectivity index (χ0n) is 12.4. The summed E-state index contributed by atoms with van der Waals surface area (Å²) in [6.07, 6.45) is 1.10. The molecule has 5 heteroatoms. The highest BCUT2D eigenvalue weighted by atomic mass is 32.2. The highest BCUT2D eigenvalue weighted by molar-refractivity contribution is 7.92. The van der Waals surface area contributed by atoms with Crippen LogP contribution in [0, 0.1) is 11.8 Å². The summed E-state index contributed by atoms with van der Waals surface area (Å²) in [6, 6.07) is 18.9. The van der Waals surface area contributed by atoms with E-state index in [0.29, 0.717) is 11.3 Å². The Morgan fingerprint density at radius 3 is 2.26 bits per heavy atom. The Balaban J connectivity index is 2.15. The van der Waals surface area contributed by atoms with E-state index in [9.17, 15) is 8.42 Å². The second kappa shape index (κ2) is 6.11. The van der Waals surface area contributed by atoms with Gasteiger partial charge in [-0.15, -0.1) is 0 Å². The lowest BCUT2D eigenvalue weighted by atomic mass is 10.1. The molecule has 114 valence electrons. The standard InChI is InChI=1S/C18H14N2O2S/c1-23(21,22)20-18-16(13-12-14-8-4-2-5-9-14)15-10-6-3-7-11-17(15)19-18/h2-11H,1H3,(H,19,20). The van der Waals surface area contributed by atoms with Gasteiger partial charge in [0.1, 0.15) is 0 Å². The molecule has 0 fully saturated rings. The molecular formula is C18H14N2O2S. The quantitative estimate of drug-likeness (QED) is 0.738. The predicted molar refractivity (Wildman–Crippen MR) is 91.7 cm³/mol. The number of anilines is 1. The summed E-state index contributed by atoms with van der Waals surface area (Å²) in [4.78, 5) is 4.36. The van der Waals surface area contributed by atoms with E-state index in [1.165, 1.54) is 0 Å². The molecular weight excluding hydrogens is 308 g/mol. The van der Waals surface area contributed by atoms with Gasteiger partial charge in [-0.05, 0) is 18.2 Å². The van der Waals surface area contributed by atoms with Crippen molar-refractivity contribution in [2.45, 2.75) is 0 Å². The van der Waals surface area contributed by atoms with Crippen molar-refractivity contribution >= 4 is 15.8 Å². The molecule has 0 unspecified atom stereocenters. The van der Waals surface area contributed by atoms with Gasteiger partial charge in [-0.25, -0.2) is 13.4 Å². The number of benzene rings is 1. The minimum Gasteiger partial charge on any atom is -0.266 e. The summed E-state index contributed by atoms with van der Waals surface area (Å²) in [5.41, 5.74) is 2.93. The molecule has 0 aromatic heterocycles. The maximum Gasteiger partial charge on any atom is 0.231 e. The number of hydrogen-bond donors (Lipinski definition) is 1. The van der Waals surface area contributed by atoms with Crippen LogP contribution in [0.5, 0.6) is 0 Å². The third-order valence-electron chi connectivity index (χ3n) is 3.14. The van der Waals surface area contributed by atoms with Crippen molar-refractivity contribution in [2.24, 2.45) is 0 Å². The molecule has 3 rings (SSSR count). The number of hydrogen-bond acceptors (Lipinski definition) is 3. The van der Waals surface area contributed by atoms with Crippen LogP contribution in [0.2, 0.25) is 0 Å². The summed E-state index contributed by atoms with van der Waals surface area (Å²) in [5.74, 6) is 6.36. The lowest BCUT2D eigenvalue weighted by molar-refractivity contribution is 0.606. The molecule has 23 heavy (non-hydrogen) atoms. The van der Waals surface area contributed by atoms with Gasteiger partial charge < -0.3 is 0 Å². The van der Waals surface area contributed by atoms with Crippen molar-refractivity contribution in [2.75, 3.05) is 11.0 Å². The topological polar surface area (TPSA) is 59.1 Å². The van der Waals surface area contributed by atoms with Crippen LogP contribution in [0.3, 0.4) is 0 Å². The number of sulfonamides is 1. The lowest BCUT2D eigenvalue weighted by Gasteiger charge is -2.00. The summed E-state index contributed by atoms with van der Waals surface area (Å²) < 4.78 is 25.6. The summed E-state index contributed by atoms with van der Waals surface area (Å²) >= 11 is 0. The lowest BCUT2D eigenvalue weighted by Crippen LogP contribution is -2.10.